The van der Waals surface area contributed by atoms with Crippen molar-refractivity contribution < 1.29 is 14.6 Å². The molecule has 0 unspecified atom stereocenters. The summed E-state index contributed by atoms with van der Waals surface area (Å²) in [5.41, 5.74) is 2.18. The number of halogens is 1. The molecule has 132 valence electrons. The number of methoxy groups -OCH3 is 1. The van der Waals surface area contributed by atoms with E-state index in [1.807, 2.05) is 43.0 Å². The highest BCUT2D eigenvalue weighted by Gasteiger charge is 2.35. The molecular weight excluding hydrogens is 340 g/mol. The second-order valence-corrected chi connectivity index (χ2v) is 6.52. The van der Waals surface area contributed by atoms with E-state index in [1.54, 1.807) is 12.1 Å². The molecular formula is C19H21ClN2O3. The van der Waals surface area contributed by atoms with E-state index in [4.69, 9.17) is 16.3 Å². The number of phenolic OH excluding ortho intramolecular Hbond substituents is 1. The predicted octanol–water partition coefficient (Wildman–Crippen LogP) is 4.42. The van der Waals surface area contributed by atoms with E-state index in [1.165, 1.54) is 7.11 Å². The fourth-order valence-corrected chi connectivity index (χ4v) is 3.29. The third kappa shape index (κ3) is 3.00. The van der Waals surface area contributed by atoms with Crippen molar-refractivity contribution in [1.29, 1.82) is 0 Å². The fraction of sp³-hybridized carbons (Fsp3) is 0.316. The number of ether oxygens (including phenoxy) is 1. The largest absolute Gasteiger partial charge is 0.503 e. The van der Waals surface area contributed by atoms with Crippen molar-refractivity contribution in [2.45, 2.75) is 32.5 Å². The highest BCUT2D eigenvalue weighted by atomic mass is 35.5. The van der Waals surface area contributed by atoms with Gasteiger partial charge in [-0.2, -0.15) is 0 Å². The second kappa shape index (κ2) is 6.84. The molecule has 0 aromatic heterocycles. The maximum atomic E-state index is 13.1. The average molecular weight is 361 g/mol. The number of nitrogens with one attached hydrogen (secondary N) is 1. The molecule has 1 aliphatic heterocycles. The Bertz CT molecular complexity index is 809. The van der Waals surface area contributed by atoms with Crippen LogP contribution in [0.2, 0.25) is 5.02 Å². The molecule has 0 saturated heterocycles. The van der Waals surface area contributed by atoms with Crippen LogP contribution in [-0.4, -0.2) is 29.1 Å². The van der Waals surface area contributed by atoms with Crippen LogP contribution in [0.4, 0.5) is 5.69 Å². The topological polar surface area (TPSA) is 61.8 Å². The number of amides is 1. The smallest absolute Gasteiger partial charge is 0.258 e. The Morgan fingerprint density at radius 3 is 2.76 bits per heavy atom. The summed E-state index contributed by atoms with van der Waals surface area (Å²) in [4.78, 5) is 14.9. The van der Waals surface area contributed by atoms with E-state index < -0.39 is 6.17 Å². The molecule has 2 aromatic rings. The normalized spacial score (nSPS) is 17.7. The monoisotopic (exact) mass is 360 g/mol. The van der Waals surface area contributed by atoms with Gasteiger partial charge in [-0.25, -0.2) is 0 Å². The van der Waals surface area contributed by atoms with E-state index in [-0.39, 0.29) is 28.5 Å². The van der Waals surface area contributed by atoms with E-state index in [9.17, 15) is 9.90 Å². The van der Waals surface area contributed by atoms with Gasteiger partial charge in [-0.1, -0.05) is 30.7 Å². The molecule has 0 saturated carbocycles. The Morgan fingerprint density at radius 1 is 1.36 bits per heavy atom. The first-order chi connectivity index (χ1) is 12.0. The molecule has 0 aliphatic carbocycles. The van der Waals surface area contributed by atoms with Crippen molar-refractivity contribution in [2.24, 2.45) is 0 Å². The molecule has 3 rings (SSSR count). The molecule has 0 fully saturated rings. The van der Waals surface area contributed by atoms with Crippen LogP contribution in [0, 0.1) is 0 Å². The van der Waals surface area contributed by atoms with E-state index in [2.05, 4.69) is 5.32 Å². The van der Waals surface area contributed by atoms with E-state index >= 15 is 0 Å². The fourth-order valence-electron chi connectivity index (χ4n) is 3.07. The Morgan fingerprint density at radius 2 is 2.08 bits per heavy atom. The summed E-state index contributed by atoms with van der Waals surface area (Å²) < 4.78 is 5.21. The Hall–Kier alpha value is -2.40. The summed E-state index contributed by atoms with van der Waals surface area (Å²) >= 11 is 6.15. The number of para-hydroxylation sites is 1. The highest BCUT2D eigenvalue weighted by Crippen LogP contribution is 2.41. The van der Waals surface area contributed by atoms with Gasteiger partial charge in [0.25, 0.3) is 5.91 Å². The summed E-state index contributed by atoms with van der Waals surface area (Å²) in [6.07, 6.45) is 0.416. The molecule has 6 heteroatoms. The molecule has 0 bridgehead atoms. The zero-order chi connectivity index (χ0) is 18.1. The van der Waals surface area contributed by atoms with Gasteiger partial charge >= 0.3 is 0 Å². The SMILES string of the molecule is CC[C@H](C)N1C(=O)c2ccccc2N[C@@H]1c1cc(Cl)c(O)c(OC)c1. The molecule has 25 heavy (non-hydrogen) atoms. The van der Waals surface area contributed by atoms with Crippen LogP contribution < -0.4 is 10.1 Å². The summed E-state index contributed by atoms with van der Waals surface area (Å²) in [5.74, 6) is 0.141. The summed E-state index contributed by atoms with van der Waals surface area (Å²) in [7, 11) is 1.47. The van der Waals surface area contributed by atoms with Crippen molar-refractivity contribution >= 4 is 23.2 Å². The minimum atomic E-state index is -0.399. The first kappa shape index (κ1) is 17.4. The molecule has 0 radical (unpaired) electrons. The molecule has 1 aliphatic rings. The van der Waals surface area contributed by atoms with Gasteiger partial charge in [0.15, 0.2) is 11.5 Å². The van der Waals surface area contributed by atoms with Crippen molar-refractivity contribution in [2.75, 3.05) is 12.4 Å². The minimum Gasteiger partial charge on any atom is -0.503 e. The van der Waals surface area contributed by atoms with Gasteiger partial charge in [0.1, 0.15) is 6.17 Å². The lowest BCUT2D eigenvalue weighted by atomic mass is 10.0. The van der Waals surface area contributed by atoms with Gasteiger partial charge in [0.2, 0.25) is 0 Å². The predicted molar refractivity (Wildman–Crippen MR) is 98.4 cm³/mol. The first-order valence-electron chi connectivity index (χ1n) is 8.22. The maximum Gasteiger partial charge on any atom is 0.258 e. The van der Waals surface area contributed by atoms with Crippen LogP contribution in [-0.2, 0) is 0 Å². The number of carbonyl (C=O) groups excluding carboxylic acids is 1. The number of benzene rings is 2. The van der Waals surface area contributed by atoms with Crippen LogP contribution >= 0.6 is 11.6 Å². The number of carbonyl (C=O) groups is 1. The molecule has 2 aromatic carbocycles. The van der Waals surface area contributed by atoms with Crippen LogP contribution in [0.1, 0.15) is 42.4 Å². The molecule has 5 nitrogen and oxygen atoms in total. The lowest BCUT2D eigenvalue weighted by Crippen LogP contribution is -2.47. The number of phenols is 1. The first-order valence-corrected chi connectivity index (χ1v) is 8.60. The summed E-state index contributed by atoms with van der Waals surface area (Å²) in [6.45, 7) is 4.06. The van der Waals surface area contributed by atoms with Gasteiger partial charge in [0, 0.05) is 17.3 Å². The van der Waals surface area contributed by atoms with E-state index in [0.717, 1.165) is 17.7 Å². The Balaban J connectivity index is 2.13. The lowest BCUT2D eigenvalue weighted by molar-refractivity contribution is 0.0593. The number of rotatable bonds is 4. The number of anilines is 1. The quantitative estimate of drug-likeness (QED) is 0.847. The third-order valence-electron chi connectivity index (χ3n) is 4.61. The Labute approximate surface area is 152 Å². The maximum absolute atomic E-state index is 13.1. The van der Waals surface area contributed by atoms with E-state index in [0.29, 0.717) is 5.56 Å². The minimum absolute atomic E-state index is 0.0249. The van der Waals surface area contributed by atoms with Crippen molar-refractivity contribution in [3.8, 4) is 11.5 Å². The van der Waals surface area contributed by atoms with Crippen molar-refractivity contribution in [3.63, 3.8) is 0 Å². The summed E-state index contributed by atoms with van der Waals surface area (Å²) in [5, 5.41) is 13.6. The molecule has 0 spiro atoms. The molecule has 2 N–H and O–H groups in total. The Kier molecular flexibility index (Phi) is 4.77. The van der Waals surface area contributed by atoms with Crippen molar-refractivity contribution in [3.05, 3.63) is 52.5 Å². The molecule has 1 heterocycles. The molecule has 2 atom stereocenters. The summed E-state index contributed by atoms with van der Waals surface area (Å²) in [6, 6.07) is 10.8. The number of aromatic hydroxyl groups is 1. The molecule has 1 amide bonds. The number of nitrogens with zero attached hydrogens (tertiary/aromatic N) is 1. The van der Waals surface area contributed by atoms with Crippen LogP contribution in [0.25, 0.3) is 0 Å². The standard InChI is InChI=1S/C19H21ClN2O3/c1-4-11(2)22-18(12-9-14(20)17(23)16(10-12)25-3)21-15-8-6-5-7-13(15)19(22)24/h5-11,18,21,23H,4H2,1-3H3/t11-,18-/m0/s1. The zero-order valence-electron chi connectivity index (χ0n) is 14.4. The van der Waals surface area contributed by atoms with Crippen molar-refractivity contribution in [1.82, 2.24) is 4.90 Å². The zero-order valence-corrected chi connectivity index (χ0v) is 15.2. The van der Waals surface area contributed by atoms with Gasteiger partial charge in [-0.3, -0.25) is 4.79 Å². The number of fused-ring (bicyclic) bond motifs is 1. The van der Waals surface area contributed by atoms with Gasteiger partial charge < -0.3 is 20.1 Å². The second-order valence-electron chi connectivity index (χ2n) is 6.12. The van der Waals surface area contributed by atoms with Crippen LogP contribution in [0.15, 0.2) is 36.4 Å². The van der Waals surface area contributed by atoms with Crippen LogP contribution in [0.5, 0.6) is 11.5 Å². The highest BCUT2D eigenvalue weighted by molar-refractivity contribution is 6.32. The third-order valence-corrected chi connectivity index (χ3v) is 4.90. The number of hydrogen-bond donors (Lipinski definition) is 2. The average Bonchev–Trinajstić information content (AvgIpc) is 2.63. The van der Waals surface area contributed by atoms with Gasteiger partial charge in [0.05, 0.1) is 17.7 Å². The lowest BCUT2D eigenvalue weighted by Gasteiger charge is -2.41. The van der Waals surface area contributed by atoms with Gasteiger partial charge in [-0.05, 0) is 37.6 Å². The number of hydrogen-bond acceptors (Lipinski definition) is 4. The van der Waals surface area contributed by atoms with Gasteiger partial charge in [-0.15, -0.1) is 0 Å². The van der Waals surface area contributed by atoms with Crippen LogP contribution in [0.3, 0.4) is 0 Å².